The Morgan fingerprint density at radius 2 is 2.22 bits per heavy atom. The topological polar surface area (TPSA) is 65.1 Å². The summed E-state index contributed by atoms with van der Waals surface area (Å²) >= 11 is 0. The minimum Gasteiger partial charge on any atom is -0.480 e. The predicted molar refractivity (Wildman–Crippen MR) is 69.7 cm³/mol. The Hall–Kier alpha value is -1.81. The Bertz CT molecular complexity index is 630. The van der Waals surface area contributed by atoms with Crippen molar-refractivity contribution in [2.75, 3.05) is 0 Å². The van der Waals surface area contributed by atoms with Gasteiger partial charge in [-0.15, -0.1) is 0 Å². The highest BCUT2D eigenvalue weighted by molar-refractivity contribution is 5.87. The van der Waals surface area contributed by atoms with Crippen molar-refractivity contribution in [3.8, 4) is 0 Å². The largest absolute Gasteiger partial charge is 0.480 e. The second-order valence-electron chi connectivity index (χ2n) is 5.05. The summed E-state index contributed by atoms with van der Waals surface area (Å²) in [4.78, 5) is 14.6. The van der Waals surface area contributed by atoms with Crippen LogP contribution >= 0.6 is 0 Å². The van der Waals surface area contributed by atoms with Gasteiger partial charge in [0, 0.05) is 29.1 Å². The number of rotatable bonds is 1. The molecule has 0 spiro atoms. The fraction of sp³-hybridized carbons (Fsp3) is 0.357. The summed E-state index contributed by atoms with van der Waals surface area (Å²) < 4.78 is 0. The maximum atomic E-state index is 11.1. The van der Waals surface area contributed by atoms with Crippen molar-refractivity contribution in [3.05, 3.63) is 35.0 Å². The van der Waals surface area contributed by atoms with Gasteiger partial charge in [0.25, 0.3) is 0 Å². The van der Waals surface area contributed by atoms with Gasteiger partial charge in [-0.05, 0) is 31.0 Å². The van der Waals surface area contributed by atoms with E-state index in [9.17, 15) is 4.79 Å². The third kappa shape index (κ3) is 1.61. The van der Waals surface area contributed by atoms with E-state index in [1.165, 1.54) is 5.56 Å². The van der Waals surface area contributed by atoms with Crippen LogP contribution in [0, 0.1) is 6.92 Å². The third-order valence-electron chi connectivity index (χ3n) is 3.69. The summed E-state index contributed by atoms with van der Waals surface area (Å²) in [5, 5.41) is 13.4. The highest BCUT2D eigenvalue weighted by Crippen LogP contribution is 2.31. The molecular formula is C14H16N2O2. The number of aryl methyl sites for hydroxylation is 1. The quantitative estimate of drug-likeness (QED) is 0.720. The van der Waals surface area contributed by atoms with E-state index in [4.69, 9.17) is 5.11 Å². The second-order valence-corrected chi connectivity index (χ2v) is 5.05. The molecule has 4 nitrogen and oxygen atoms in total. The molecule has 0 saturated heterocycles. The van der Waals surface area contributed by atoms with Crippen LogP contribution in [0.25, 0.3) is 10.9 Å². The van der Waals surface area contributed by atoms with Gasteiger partial charge in [-0.2, -0.15) is 0 Å². The number of carboxylic acid groups (broad SMARTS) is 1. The summed E-state index contributed by atoms with van der Waals surface area (Å²) in [5.74, 6) is -0.783. The lowest BCUT2D eigenvalue weighted by Gasteiger charge is -2.26. The van der Waals surface area contributed by atoms with Gasteiger partial charge in [-0.1, -0.05) is 12.1 Å². The molecule has 0 aliphatic carbocycles. The summed E-state index contributed by atoms with van der Waals surface area (Å²) in [7, 11) is 0. The molecule has 1 aliphatic heterocycles. The first-order chi connectivity index (χ1) is 8.56. The number of hydrogen-bond acceptors (Lipinski definition) is 2. The number of hydrogen-bond donors (Lipinski definition) is 3. The Labute approximate surface area is 105 Å². The van der Waals surface area contributed by atoms with Gasteiger partial charge in [-0.3, -0.25) is 10.1 Å². The van der Waals surface area contributed by atoms with Crippen LogP contribution in [0.5, 0.6) is 0 Å². The van der Waals surface area contributed by atoms with Crippen molar-refractivity contribution >= 4 is 16.9 Å². The molecule has 0 radical (unpaired) electrons. The molecule has 1 aliphatic rings. The minimum atomic E-state index is -0.783. The molecule has 0 amide bonds. The highest BCUT2D eigenvalue weighted by atomic mass is 16.4. The number of aromatic nitrogens is 1. The summed E-state index contributed by atoms with van der Waals surface area (Å²) in [6.45, 7) is 4.05. The molecule has 4 heteroatoms. The van der Waals surface area contributed by atoms with E-state index in [0.717, 1.165) is 22.2 Å². The zero-order valence-corrected chi connectivity index (χ0v) is 10.4. The van der Waals surface area contributed by atoms with Crippen LogP contribution in [-0.4, -0.2) is 22.1 Å². The maximum absolute atomic E-state index is 11.1. The number of nitrogens with one attached hydrogen (secondary N) is 2. The molecule has 0 bridgehead atoms. The first-order valence-corrected chi connectivity index (χ1v) is 6.16. The SMILES string of the molecule is Cc1ccc2c3c([nH]c2c1)C(C)NC(C(=O)O)C3. The van der Waals surface area contributed by atoms with Gasteiger partial charge in [-0.25, -0.2) is 0 Å². The molecule has 2 heterocycles. The smallest absolute Gasteiger partial charge is 0.321 e. The van der Waals surface area contributed by atoms with Crippen molar-refractivity contribution in [2.45, 2.75) is 32.4 Å². The molecule has 1 aromatic carbocycles. The molecule has 1 aromatic heterocycles. The third-order valence-corrected chi connectivity index (χ3v) is 3.69. The zero-order valence-electron chi connectivity index (χ0n) is 10.4. The van der Waals surface area contributed by atoms with Crippen molar-refractivity contribution in [1.29, 1.82) is 0 Å². The molecular weight excluding hydrogens is 228 g/mol. The lowest BCUT2D eigenvalue weighted by atomic mass is 9.94. The lowest BCUT2D eigenvalue weighted by molar-refractivity contribution is -0.139. The highest BCUT2D eigenvalue weighted by Gasteiger charge is 2.30. The number of aliphatic carboxylic acids is 1. The molecule has 2 atom stereocenters. The van der Waals surface area contributed by atoms with E-state index in [1.54, 1.807) is 0 Å². The number of fused-ring (bicyclic) bond motifs is 3. The molecule has 0 fully saturated rings. The summed E-state index contributed by atoms with van der Waals surface area (Å²) in [6, 6.07) is 5.81. The summed E-state index contributed by atoms with van der Waals surface area (Å²) in [6.07, 6.45) is 0.540. The van der Waals surface area contributed by atoms with E-state index in [2.05, 4.69) is 35.4 Å². The number of carbonyl (C=O) groups is 1. The molecule has 94 valence electrons. The van der Waals surface area contributed by atoms with Crippen molar-refractivity contribution in [2.24, 2.45) is 0 Å². The number of benzene rings is 1. The number of H-pyrrole nitrogens is 1. The second kappa shape index (κ2) is 3.85. The molecule has 2 unspecified atom stereocenters. The molecule has 3 rings (SSSR count). The van der Waals surface area contributed by atoms with Crippen molar-refractivity contribution < 1.29 is 9.90 Å². The molecule has 0 saturated carbocycles. The normalized spacial score (nSPS) is 23.0. The van der Waals surface area contributed by atoms with Crippen LogP contribution in [0.2, 0.25) is 0 Å². The Morgan fingerprint density at radius 3 is 2.94 bits per heavy atom. The minimum absolute atomic E-state index is 0.0440. The van der Waals surface area contributed by atoms with Gasteiger partial charge in [0.1, 0.15) is 6.04 Å². The monoisotopic (exact) mass is 244 g/mol. The first-order valence-electron chi connectivity index (χ1n) is 6.16. The maximum Gasteiger partial charge on any atom is 0.321 e. The summed E-state index contributed by atoms with van der Waals surface area (Å²) in [5.41, 5.74) is 4.56. The van der Waals surface area contributed by atoms with Crippen LogP contribution in [0.1, 0.15) is 29.8 Å². The van der Waals surface area contributed by atoms with Gasteiger partial charge in [0.15, 0.2) is 0 Å². The van der Waals surface area contributed by atoms with Crippen LogP contribution in [0.3, 0.4) is 0 Å². The molecule has 2 aromatic rings. The lowest BCUT2D eigenvalue weighted by Crippen LogP contribution is -2.43. The standard InChI is InChI=1S/C14H16N2O2/c1-7-3-4-9-10-6-12(14(17)18)15-8(2)13(10)16-11(9)5-7/h3-5,8,12,15-16H,6H2,1-2H3,(H,17,18). The average Bonchev–Trinajstić information content (AvgIpc) is 2.67. The van der Waals surface area contributed by atoms with Crippen LogP contribution in [-0.2, 0) is 11.2 Å². The van der Waals surface area contributed by atoms with Gasteiger partial charge in [0.2, 0.25) is 0 Å². The number of aromatic amines is 1. The van der Waals surface area contributed by atoms with E-state index in [0.29, 0.717) is 6.42 Å². The fourth-order valence-corrected chi connectivity index (χ4v) is 2.79. The molecule has 3 N–H and O–H groups in total. The fourth-order valence-electron chi connectivity index (χ4n) is 2.79. The van der Waals surface area contributed by atoms with E-state index < -0.39 is 12.0 Å². The first kappa shape index (κ1) is 11.3. The van der Waals surface area contributed by atoms with Crippen molar-refractivity contribution in [3.63, 3.8) is 0 Å². The molecule has 18 heavy (non-hydrogen) atoms. The van der Waals surface area contributed by atoms with E-state index >= 15 is 0 Å². The zero-order chi connectivity index (χ0) is 12.9. The van der Waals surface area contributed by atoms with Crippen LogP contribution in [0.4, 0.5) is 0 Å². The Kier molecular flexibility index (Phi) is 2.41. The van der Waals surface area contributed by atoms with E-state index in [-0.39, 0.29) is 6.04 Å². The Morgan fingerprint density at radius 1 is 1.44 bits per heavy atom. The van der Waals surface area contributed by atoms with Crippen LogP contribution < -0.4 is 5.32 Å². The predicted octanol–water partition coefficient (Wildman–Crippen LogP) is 2.14. The van der Waals surface area contributed by atoms with E-state index in [1.807, 2.05) is 6.92 Å². The Balaban J connectivity index is 2.17. The van der Waals surface area contributed by atoms with Crippen molar-refractivity contribution in [1.82, 2.24) is 10.3 Å². The van der Waals surface area contributed by atoms with Gasteiger partial charge < -0.3 is 10.1 Å². The van der Waals surface area contributed by atoms with Crippen LogP contribution in [0.15, 0.2) is 18.2 Å². The van der Waals surface area contributed by atoms with Gasteiger partial charge >= 0.3 is 5.97 Å². The average molecular weight is 244 g/mol. The van der Waals surface area contributed by atoms with Gasteiger partial charge in [0.05, 0.1) is 0 Å². The number of carboxylic acids is 1.